The van der Waals surface area contributed by atoms with E-state index in [9.17, 15) is 14.4 Å². The molecule has 2 aromatic rings. The average molecular weight is 453 g/mol. The lowest BCUT2D eigenvalue weighted by Crippen LogP contribution is -2.43. The zero-order valence-electron chi connectivity index (χ0n) is 14.6. The smallest absolute Gasteiger partial charge is 0.263 e. The fourth-order valence-electron chi connectivity index (χ4n) is 3.15. The molecule has 0 aliphatic carbocycles. The Morgan fingerprint density at radius 2 is 1.79 bits per heavy atom. The number of benzene rings is 2. The molecule has 0 unspecified atom stereocenters. The molecule has 2 heterocycles. The summed E-state index contributed by atoms with van der Waals surface area (Å²) in [6, 6.07) is 9.00. The second kappa shape index (κ2) is 7.62. The Kier molecular flexibility index (Phi) is 5.16. The van der Waals surface area contributed by atoms with Gasteiger partial charge in [-0.05, 0) is 36.4 Å². The van der Waals surface area contributed by atoms with Crippen LogP contribution in [0.25, 0.3) is 0 Å². The average Bonchev–Trinajstić information content (AvgIpc) is 3.17. The van der Waals surface area contributed by atoms with Crippen molar-refractivity contribution < 1.29 is 14.4 Å². The van der Waals surface area contributed by atoms with Gasteiger partial charge in [-0.3, -0.25) is 19.4 Å². The van der Waals surface area contributed by atoms with Crippen LogP contribution >= 0.6 is 34.8 Å². The van der Waals surface area contributed by atoms with Gasteiger partial charge in [0.25, 0.3) is 11.8 Å². The van der Waals surface area contributed by atoms with Gasteiger partial charge >= 0.3 is 0 Å². The van der Waals surface area contributed by atoms with Crippen LogP contribution in [0.2, 0.25) is 15.1 Å². The number of imide groups is 1. The van der Waals surface area contributed by atoms with Gasteiger partial charge in [0.05, 0.1) is 16.4 Å². The fraction of sp³-hybridized carbons (Fsp3) is 0.167. The van der Waals surface area contributed by atoms with Crippen molar-refractivity contribution in [3.05, 3.63) is 57.5 Å². The quantitative estimate of drug-likeness (QED) is 0.717. The van der Waals surface area contributed by atoms with E-state index >= 15 is 0 Å². The minimum atomic E-state index is -1.01. The van der Waals surface area contributed by atoms with E-state index in [1.54, 1.807) is 30.3 Å². The molecule has 2 aliphatic heterocycles. The molecule has 0 spiro atoms. The Labute approximate surface area is 180 Å². The predicted molar refractivity (Wildman–Crippen MR) is 108 cm³/mol. The van der Waals surface area contributed by atoms with Crippen molar-refractivity contribution in [1.82, 2.24) is 5.01 Å². The minimum absolute atomic E-state index is 0.269. The van der Waals surface area contributed by atoms with Gasteiger partial charge < -0.3 is 5.32 Å². The molecule has 0 saturated carbocycles. The molecule has 2 atom stereocenters. The van der Waals surface area contributed by atoms with Gasteiger partial charge in [0, 0.05) is 10.0 Å². The van der Waals surface area contributed by atoms with Crippen LogP contribution in [0.15, 0.2) is 52.8 Å². The number of nitrogens with one attached hydrogen (secondary N) is 1. The lowest BCUT2D eigenvalue weighted by molar-refractivity contribution is -0.123. The molecule has 1 saturated heterocycles. The van der Waals surface area contributed by atoms with Gasteiger partial charge in [-0.1, -0.05) is 46.1 Å². The summed E-state index contributed by atoms with van der Waals surface area (Å²) in [6.07, 6.45) is 0. The SMILES string of the molecule is O=C(CN1N=N[C@H]2C(=O)N(c3cccc(Cl)c3)C(=O)[C@@H]21)Nc1ccc(Cl)cc1Cl. The van der Waals surface area contributed by atoms with E-state index in [4.69, 9.17) is 34.8 Å². The highest BCUT2D eigenvalue weighted by Crippen LogP contribution is 2.33. The summed E-state index contributed by atoms with van der Waals surface area (Å²) in [6.45, 7) is -0.286. The maximum atomic E-state index is 12.9. The summed E-state index contributed by atoms with van der Waals surface area (Å²) in [5, 5.41) is 12.6. The van der Waals surface area contributed by atoms with Crippen molar-refractivity contribution in [1.29, 1.82) is 0 Å². The molecule has 3 amide bonds. The Balaban J connectivity index is 1.49. The summed E-state index contributed by atoms with van der Waals surface area (Å²) in [7, 11) is 0. The van der Waals surface area contributed by atoms with E-state index < -0.39 is 29.8 Å². The highest BCUT2D eigenvalue weighted by atomic mass is 35.5. The van der Waals surface area contributed by atoms with Crippen LogP contribution in [0.4, 0.5) is 11.4 Å². The van der Waals surface area contributed by atoms with Gasteiger partial charge in [-0.2, -0.15) is 5.11 Å². The standard InChI is InChI=1S/C18H12Cl3N5O3/c19-9-2-1-3-11(6-9)26-17(28)15-16(18(26)29)25(24-23-15)8-14(27)22-13-5-4-10(20)7-12(13)21/h1-7,15-16H,8H2,(H,22,27)/t15-,16-/m1/s1. The number of amides is 3. The van der Waals surface area contributed by atoms with Crippen LogP contribution in [0.5, 0.6) is 0 Å². The Bertz CT molecular complexity index is 1060. The number of carbonyl (C=O) groups is 3. The first kappa shape index (κ1) is 19.6. The van der Waals surface area contributed by atoms with Crippen LogP contribution in [-0.2, 0) is 14.4 Å². The number of halogens is 3. The third-order valence-corrected chi connectivity index (χ3v) is 5.22. The first-order valence-electron chi connectivity index (χ1n) is 8.41. The van der Waals surface area contributed by atoms with Crippen molar-refractivity contribution in [2.24, 2.45) is 10.3 Å². The highest BCUT2D eigenvalue weighted by Gasteiger charge is 2.55. The summed E-state index contributed by atoms with van der Waals surface area (Å²) < 4.78 is 0. The summed E-state index contributed by atoms with van der Waals surface area (Å²) in [5.41, 5.74) is 0.706. The van der Waals surface area contributed by atoms with Crippen LogP contribution < -0.4 is 10.2 Å². The van der Waals surface area contributed by atoms with Crippen molar-refractivity contribution in [2.45, 2.75) is 12.1 Å². The van der Waals surface area contributed by atoms with E-state index in [1.165, 1.54) is 17.1 Å². The Morgan fingerprint density at radius 1 is 1.03 bits per heavy atom. The fourth-order valence-corrected chi connectivity index (χ4v) is 3.79. The molecule has 0 bridgehead atoms. The Hall–Kier alpha value is -2.68. The van der Waals surface area contributed by atoms with Crippen LogP contribution in [0, 0.1) is 0 Å². The molecular formula is C18H12Cl3N5O3. The van der Waals surface area contributed by atoms with Crippen LogP contribution in [0.3, 0.4) is 0 Å². The number of carbonyl (C=O) groups excluding carboxylic acids is 3. The summed E-state index contributed by atoms with van der Waals surface area (Å²) in [4.78, 5) is 39.0. The third-order valence-electron chi connectivity index (χ3n) is 4.44. The summed E-state index contributed by atoms with van der Waals surface area (Å²) >= 11 is 17.9. The number of nitrogens with zero attached hydrogens (tertiary/aromatic N) is 4. The Morgan fingerprint density at radius 3 is 2.52 bits per heavy atom. The molecule has 0 aromatic heterocycles. The van der Waals surface area contributed by atoms with Gasteiger partial charge in [0.2, 0.25) is 5.91 Å². The first-order chi connectivity index (χ1) is 13.8. The van der Waals surface area contributed by atoms with Crippen LogP contribution in [0.1, 0.15) is 0 Å². The predicted octanol–water partition coefficient (Wildman–Crippen LogP) is 3.58. The lowest BCUT2D eigenvalue weighted by Gasteiger charge is -2.20. The normalized spacial score (nSPS) is 20.4. The van der Waals surface area contributed by atoms with Gasteiger partial charge in [-0.15, -0.1) is 0 Å². The summed E-state index contributed by atoms with van der Waals surface area (Å²) in [5.74, 6) is -1.52. The second-order valence-corrected chi connectivity index (χ2v) is 7.64. The monoisotopic (exact) mass is 451 g/mol. The second-order valence-electron chi connectivity index (χ2n) is 6.36. The van der Waals surface area contributed by atoms with Crippen molar-refractivity contribution in [3.63, 3.8) is 0 Å². The number of anilines is 2. The molecule has 4 rings (SSSR count). The van der Waals surface area contributed by atoms with E-state index in [0.717, 1.165) is 4.90 Å². The van der Waals surface area contributed by atoms with Crippen molar-refractivity contribution in [3.8, 4) is 0 Å². The van der Waals surface area contributed by atoms with Gasteiger partial charge in [-0.25, -0.2) is 4.90 Å². The zero-order chi connectivity index (χ0) is 20.7. The van der Waals surface area contributed by atoms with E-state index in [2.05, 4.69) is 15.7 Å². The van der Waals surface area contributed by atoms with Crippen LogP contribution in [-0.4, -0.2) is 41.4 Å². The molecule has 29 heavy (non-hydrogen) atoms. The zero-order valence-corrected chi connectivity index (χ0v) is 16.8. The molecule has 2 aliphatic rings. The number of fused-ring (bicyclic) bond motifs is 1. The largest absolute Gasteiger partial charge is 0.323 e. The lowest BCUT2D eigenvalue weighted by atomic mass is 10.1. The molecule has 1 fully saturated rings. The highest BCUT2D eigenvalue weighted by molar-refractivity contribution is 6.36. The molecule has 2 aromatic carbocycles. The topological polar surface area (TPSA) is 94.4 Å². The molecule has 148 valence electrons. The maximum absolute atomic E-state index is 12.9. The first-order valence-corrected chi connectivity index (χ1v) is 9.54. The molecule has 11 heteroatoms. The minimum Gasteiger partial charge on any atom is -0.323 e. The number of hydrogen-bond acceptors (Lipinski definition) is 6. The van der Waals surface area contributed by atoms with Crippen molar-refractivity contribution in [2.75, 3.05) is 16.8 Å². The van der Waals surface area contributed by atoms with E-state index in [1.807, 2.05) is 0 Å². The van der Waals surface area contributed by atoms with Crippen molar-refractivity contribution >= 4 is 63.9 Å². The van der Waals surface area contributed by atoms with E-state index in [-0.39, 0.29) is 11.6 Å². The van der Waals surface area contributed by atoms with E-state index in [0.29, 0.717) is 21.4 Å². The molecule has 0 radical (unpaired) electrons. The van der Waals surface area contributed by atoms with Gasteiger partial charge in [0.1, 0.15) is 6.54 Å². The molecule has 8 nitrogen and oxygen atoms in total. The molecular weight excluding hydrogens is 441 g/mol. The number of hydrogen-bond donors (Lipinski definition) is 1. The molecule has 1 N–H and O–H groups in total. The maximum Gasteiger partial charge on any atom is 0.263 e. The van der Waals surface area contributed by atoms with Gasteiger partial charge in [0.15, 0.2) is 12.1 Å². The third kappa shape index (κ3) is 3.66. The number of rotatable bonds is 4.